The molecule has 0 radical (unpaired) electrons. The zero-order valence-electron chi connectivity index (χ0n) is 12.0. The number of nitrogens with zero attached hydrogens (tertiary/aromatic N) is 1. The average molecular weight is 310 g/mol. The molecule has 0 saturated carbocycles. The van der Waals surface area contributed by atoms with Gasteiger partial charge in [-0.1, -0.05) is 13.0 Å². The molecule has 0 atom stereocenters. The van der Waals surface area contributed by atoms with E-state index in [0.29, 0.717) is 5.56 Å². The van der Waals surface area contributed by atoms with Gasteiger partial charge in [0.15, 0.2) is 0 Å². The van der Waals surface area contributed by atoms with Crippen LogP contribution in [-0.2, 0) is 6.54 Å². The highest BCUT2D eigenvalue weighted by Gasteiger charge is 2.16. The number of aryl methyl sites for hydroxylation is 1. The van der Waals surface area contributed by atoms with E-state index in [4.69, 9.17) is 0 Å². The van der Waals surface area contributed by atoms with Crippen molar-refractivity contribution in [2.75, 3.05) is 12.8 Å². The monoisotopic (exact) mass is 310 g/mol. The summed E-state index contributed by atoms with van der Waals surface area (Å²) in [4.78, 5) is 6.68. The Kier molecular flexibility index (Phi) is 5.57. The Balaban J connectivity index is 2.32. The fourth-order valence-corrected chi connectivity index (χ4v) is 3.73. The molecule has 0 fully saturated rings. The summed E-state index contributed by atoms with van der Waals surface area (Å²) >= 11 is 3.13. The van der Waals surface area contributed by atoms with Gasteiger partial charge in [0.2, 0.25) is 0 Å². The summed E-state index contributed by atoms with van der Waals surface area (Å²) in [6.07, 6.45) is 3.07. The third-order valence-electron chi connectivity index (χ3n) is 3.01. The lowest BCUT2D eigenvalue weighted by Gasteiger charge is -2.05. The second kappa shape index (κ2) is 7.20. The number of rotatable bonds is 6. The van der Waals surface area contributed by atoms with Gasteiger partial charge in [-0.2, -0.15) is 0 Å². The van der Waals surface area contributed by atoms with Crippen LogP contribution in [0.1, 0.15) is 23.9 Å². The van der Waals surface area contributed by atoms with Crippen LogP contribution in [0.5, 0.6) is 0 Å². The summed E-state index contributed by atoms with van der Waals surface area (Å²) in [5.74, 6) is -0.196. The second-order valence-electron chi connectivity index (χ2n) is 4.52. The molecule has 1 heterocycles. The number of hydrogen-bond donors (Lipinski definition) is 1. The number of halogens is 1. The van der Waals surface area contributed by atoms with Gasteiger partial charge in [0, 0.05) is 16.3 Å². The van der Waals surface area contributed by atoms with Crippen LogP contribution in [0.2, 0.25) is 0 Å². The second-order valence-corrected chi connectivity index (χ2v) is 6.45. The molecule has 0 bridgehead atoms. The van der Waals surface area contributed by atoms with Gasteiger partial charge in [0.05, 0.1) is 11.3 Å². The first kappa shape index (κ1) is 15.5. The van der Waals surface area contributed by atoms with Crippen LogP contribution >= 0.6 is 23.1 Å². The molecule has 0 aliphatic carbocycles. The molecule has 2 aromatic rings. The lowest BCUT2D eigenvalue weighted by molar-refractivity contribution is 0.628. The van der Waals surface area contributed by atoms with E-state index in [1.807, 2.05) is 19.2 Å². The Morgan fingerprint density at radius 2 is 2.20 bits per heavy atom. The smallest absolute Gasteiger partial charge is 0.134 e. The zero-order valence-corrected chi connectivity index (χ0v) is 13.6. The molecule has 108 valence electrons. The van der Waals surface area contributed by atoms with Gasteiger partial charge in [-0.05, 0) is 38.3 Å². The SMILES string of the molecule is CCCNCc1sc(-c2c(F)cccc2SC)nc1C. The van der Waals surface area contributed by atoms with E-state index in [0.717, 1.165) is 35.1 Å². The highest BCUT2D eigenvalue weighted by Crippen LogP contribution is 2.36. The largest absolute Gasteiger partial charge is 0.312 e. The number of hydrogen-bond acceptors (Lipinski definition) is 4. The molecular formula is C15H19FN2S2. The first-order valence-electron chi connectivity index (χ1n) is 6.67. The number of nitrogens with one attached hydrogen (secondary N) is 1. The molecule has 1 aromatic carbocycles. The fourth-order valence-electron chi connectivity index (χ4n) is 1.96. The Hall–Kier alpha value is -0.910. The molecule has 2 nitrogen and oxygen atoms in total. The Labute approximate surface area is 127 Å². The van der Waals surface area contributed by atoms with Gasteiger partial charge in [0.1, 0.15) is 10.8 Å². The number of benzene rings is 1. The van der Waals surface area contributed by atoms with E-state index in [1.54, 1.807) is 29.2 Å². The van der Waals surface area contributed by atoms with Crippen molar-refractivity contribution in [1.82, 2.24) is 10.3 Å². The van der Waals surface area contributed by atoms with Crippen molar-refractivity contribution in [3.8, 4) is 10.6 Å². The van der Waals surface area contributed by atoms with Crippen LogP contribution in [-0.4, -0.2) is 17.8 Å². The van der Waals surface area contributed by atoms with Crippen molar-refractivity contribution in [1.29, 1.82) is 0 Å². The Bertz CT molecular complexity index is 581. The Morgan fingerprint density at radius 1 is 1.40 bits per heavy atom. The topological polar surface area (TPSA) is 24.9 Å². The van der Waals surface area contributed by atoms with Gasteiger partial charge in [-0.15, -0.1) is 23.1 Å². The minimum absolute atomic E-state index is 0.196. The van der Waals surface area contributed by atoms with Crippen molar-refractivity contribution in [3.05, 3.63) is 34.6 Å². The number of thioether (sulfide) groups is 1. The highest BCUT2D eigenvalue weighted by atomic mass is 32.2. The molecule has 1 N–H and O–H groups in total. The minimum Gasteiger partial charge on any atom is -0.312 e. The van der Waals surface area contributed by atoms with Crippen LogP contribution in [0.4, 0.5) is 4.39 Å². The first-order valence-corrected chi connectivity index (χ1v) is 8.71. The molecule has 1 aromatic heterocycles. The minimum atomic E-state index is -0.196. The van der Waals surface area contributed by atoms with E-state index < -0.39 is 0 Å². The number of thiazole rings is 1. The van der Waals surface area contributed by atoms with Gasteiger partial charge in [-0.25, -0.2) is 9.37 Å². The van der Waals surface area contributed by atoms with Crippen LogP contribution in [0.15, 0.2) is 23.1 Å². The van der Waals surface area contributed by atoms with Gasteiger partial charge < -0.3 is 5.32 Å². The van der Waals surface area contributed by atoms with Crippen LogP contribution in [0.3, 0.4) is 0 Å². The predicted octanol–water partition coefficient (Wildman–Crippen LogP) is 4.48. The van der Waals surface area contributed by atoms with E-state index >= 15 is 0 Å². The molecule has 0 saturated heterocycles. The Morgan fingerprint density at radius 3 is 2.90 bits per heavy atom. The van der Waals surface area contributed by atoms with E-state index in [1.165, 1.54) is 10.9 Å². The van der Waals surface area contributed by atoms with Crippen LogP contribution in [0, 0.1) is 12.7 Å². The highest BCUT2D eigenvalue weighted by molar-refractivity contribution is 7.98. The van der Waals surface area contributed by atoms with Crippen molar-refractivity contribution in [2.45, 2.75) is 31.7 Å². The molecule has 0 aliphatic heterocycles. The van der Waals surface area contributed by atoms with Gasteiger partial charge in [0.25, 0.3) is 0 Å². The summed E-state index contributed by atoms with van der Waals surface area (Å²) in [7, 11) is 0. The van der Waals surface area contributed by atoms with E-state index in [-0.39, 0.29) is 5.82 Å². The third kappa shape index (κ3) is 3.40. The first-order chi connectivity index (χ1) is 9.67. The van der Waals surface area contributed by atoms with Crippen molar-refractivity contribution in [2.24, 2.45) is 0 Å². The maximum Gasteiger partial charge on any atom is 0.134 e. The van der Waals surface area contributed by atoms with Gasteiger partial charge >= 0.3 is 0 Å². The van der Waals surface area contributed by atoms with Crippen molar-refractivity contribution in [3.63, 3.8) is 0 Å². The molecule has 0 unspecified atom stereocenters. The number of aromatic nitrogens is 1. The summed E-state index contributed by atoms with van der Waals surface area (Å²) in [6, 6.07) is 5.18. The lowest BCUT2D eigenvalue weighted by atomic mass is 10.2. The van der Waals surface area contributed by atoms with Gasteiger partial charge in [-0.3, -0.25) is 0 Å². The lowest BCUT2D eigenvalue weighted by Crippen LogP contribution is -2.13. The average Bonchev–Trinajstić information content (AvgIpc) is 2.79. The van der Waals surface area contributed by atoms with Crippen LogP contribution < -0.4 is 5.32 Å². The fraction of sp³-hybridized carbons (Fsp3) is 0.400. The van der Waals surface area contributed by atoms with Crippen LogP contribution in [0.25, 0.3) is 10.6 Å². The summed E-state index contributed by atoms with van der Waals surface area (Å²) in [6.45, 7) is 5.92. The zero-order chi connectivity index (χ0) is 14.5. The summed E-state index contributed by atoms with van der Waals surface area (Å²) in [5, 5.41) is 4.15. The van der Waals surface area contributed by atoms with E-state index in [9.17, 15) is 4.39 Å². The van der Waals surface area contributed by atoms with Crippen molar-refractivity contribution >= 4 is 23.1 Å². The van der Waals surface area contributed by atoms with E-state index in [2.05, 4.69) is 17.2 Å². The summed E-state index contributed by atoms with van der Waals surface area (Å²) in [5.41, 5.74) is 1.62. The summed E-state index contributed by atoms with van der Waals surface area (Å²) < 4.78 is 14.1. The maximum absolute atomic E-state index is 14.1. The molecule has 0 spiro atoms. The predicted molar refractivity (Wildman–Crippen MR) is 86.0 cm³/mol. The molecule has 2 rings (SSSR count). The molecule has 5 heteroatoms. The molecular weight excluding hydrogens is 291 g/mol. The molecule has 0 amide bonds. The standard InChI is InChI=1S/C15H19FN2S2/c1-4-8-17-9-13-10(2)18-15(20-13)14-11(16)6-5-7-12(14)19-3/h5-7,17H,4,8-9H2,1-3H3. The molecule has 20 heavy (non-hydrogen) atoms. The maximum atomic E-state index is 14.1. The molecule has 0 aliphatic rings. The van der Waals surface area contributed by atoms with Crippen molar-refractivity contribution < 1.29 is 4.39 Å². The quantitative estimate of drug-likeness (QED) is 0.629. The normalized spacial score (nSPS) is 11.0. The third-order valence-corrected chi connectivity index (χ3v) is 4.97.